The first kappa shape index (κ1) is 23.4. The van der Waals surface area contributed by atoms with Gasteiger partial charge in [0.2, 0.25) is 11.6 Å². The lowest BCUT2D eigenvalue weighted by Crippen LogP contribution is -2.23. The van der Waals surface area contributed by atoms with Gasteiger partial charge in [-0.1, -0.05) is 28.9 Å². The Hall–Kier alpha value is -3.28. The third-order valence-corrected chi connectivity index (χ3v) is 4.16. The number of benzene rings is 1. The zero-order chi connectivity index (χ0) is 23.5. The van der Waals surface area contributed by atoms with E-state index >= 15 is 0 Å². The largest absolute Gasteiger partial charge is 0.468 e. The van der Waals surface area contributed by atoms with E-state index < -0.39 is 30.6 Å². The molecule has 1 N–H and O–H groups in total. The lowest BCUT2D eigenvalue weighted by Gasteiger charge is -2.14. The van der Waals surface area contributed by atoms with Crippen LogP contribution in [0.25, 0.3) is 11.1 Å². The van der Waals surface area contributed by atoms with Gasteiger partial charge in [0.25, 0.3) is 5.91 Å². The molecule has 0 radical (unpaired) electrons. The molecule has 0 aliphatic rings. The molecule has 1 amide bonds. The molecule has 0 saturated carbocycles. The molecular weight excluding hydrogens is 468 g/mol. The number of hydrogen-bond donors (Lipinski definition) is 1. The van der Waals surface area contributed by atoms with Crippen molar-refractivity contribution in [3.8, 4) is 17.0 Å². The summed E-state index contributed by atoms with van der Waals surface area (Å²) in [6.07, 6.45) is -8.36. The molecule has 170 valence electrons. The highest BCUT2D eigenvalue weighted by atomic mass is 35.5. The van der Waals surface area contributed by atoms with E-state index in [1.165, 1.54) is 30.3 Å². The molecule has 2 aromatic heterocycles. The van der Waals surface area contributed by atoms with Crippen LogP contribution in [0.3, 0.4) is 0 Å². The molecule has 0 saturated heterocycles. The topological polar surface area (TPSA) is 77.3 Å². The van der Waals surface area contributed by atoms with E-state index in [1.54, 1.807) is 0 Å². The fourth-order valence-corrected chi connectivity index (χ4v) is 2.61. The van der Waals surface area contributed by atoms with Crippen molar-refractivity contribution in [1.82, 2.24) is 15.5 Å². The highest BCUT2D eigenvalue weighted by Gasteiger charge is 2.36. The molecule has 0 unspecified atom stereocenters. The second kappa shape index (κ2) is 9.07. The van der Waals surface area contributed by atoms with Crippen LogP contribution >= 0.6 is 11.6 Å². The molecule has 6 nitrogen and oxygen atoms in total. The molecule has 0 aliphatic carbocycles. The molecular formula is C19H12ClF6N3O3. The molecule has 0 bridgehead atoms. The zero-order valence-electron chi connectivity index (χ0n) is 15.7. The third-order valence-electron chi connectivity index (χ3n) is 3.91. The second-order valence-electron chi connectivity index (χ2n) is 6.35. The number of halogens is 7. The van der Waals surface area contributed by atoms with E-state index in [2.05, 4.69) is 20.0 Å². The Morgan fingerprint density at radius 2 is 1.78 bits per heavy atom. The summed E-state index contributed by atoms with van der Waals surface area (Å²) in [5, 5.41) is 5.93. The number of rotatable bonds is 6. The monoisotopic (exact) mass is 479 g/mol. The maximum Gasteiger partial charge on any atom is 0.452 e. The summed E-state index contributed by atoms with van der Waals surface area (Å²) in [5.41, 5.74) is 0.204. The Morgan fingerprint density at radius 1 is 1.09 bits per heavy atom. The van der Waals surface area contributed by atoms with Crippen molar-refractivity contribution in [1.29, 1.82) is 0 Å². The van der Waals surface area contributed by atoms with Crippen molar-refractivity contribution >= 4 is 17.5 Å². The van der Waals surface area contributed by atoms with Crippen LogP contribution < -0.4 is 10.1 Å². The van der Waals surface area contributed by atoms with Gasteiger partial charge >= 0.3 is 12.4 Å². The quantitative estimate of drug-likeness (QED) is 0.487. The Balaban J connectivity index is 1.81. The number of amides is 1. The van der Waals surface area contributed by atoms with Gasteiger partial charge in [-0.2, -0.15) is 26.3 Å². The van der Waals surface area contributed by atoms with Gasteiger partial charge in [-0.25, -0.2) is 4.98 Å². The average Bonchev–Trinajstić information content (AvgIpc) is 3.20. The van der Waals surface area contributed by atoms with Crippen LogP contribution in [-0.2, 0) is 12.7 Å². The molecule has 0 atom stereocenters. The molecule has 32 heavy (non-hydrogen) atoms. The number of nitrogens with zero attached hydrogens (tertiary/aromatic N) is 2. The van der Waals surface area contributed by atoms with Gasteiger partial charge in [0.15, 0.2) is 6.61 Å². The average molecular weight is 480 g/mol. The van der Waals surface area contributed by atoms with Gasteiger partial charge in [-0.3, -0.25) is 4.79 Å². The molecule has 1 aromatic carbocycles. The van der Waals surface area contributed by atoms with Gasteiger partial charge in [-0.15, -0.1) is 0 Å². The van der Waals surface area contributed by atoms with Crippen molar-refractivity contribution in [2.24, 2.45) is 0 Å². The van der Waals surface area contributed by atoms with Gasteiger partial charge < -0.3 is 14.6 Å². The number of aromatic nitrogens is 2. The van der Waals surface area contributed by atoms with E-state index in [-0.39, 0.29) is 29.2 Å². The first-order valence-corrected chi connectivity index (χ1v) is 9.07. The maximum absolute atomic E-state index is 12.6. The van der Waals surface area contributed by atoms with E-state index in [0.717, 1.165) is 6.20 Å². The maximum atomic E-state index is 12.6. The Kier molecular flexibility index (Phi) is 6.63. The van der Waals surface area contributed by atoms with Crippen molar-refractivity contribution in [2.45, 2.75) is 18.9 Å². The predicted octanol–water partition coefficient (Wildman–Crippen LogP) is 5.28. The van der Waals surface area contributed by atoms with Crippen LogP contribution in [0, 0.1) is 0 Å². The van der Waals surface area contributed by atoms with Crippen molar-refractivity contribution in [3.05, 3.63) is 64.6 Å². The zero-order valence-corrected chi connectivity index (χ0v) is 16.5. The number of alkyl halides is 6. The summed E-state index contributed by atoms with van der Waals surface area (Å²) in [7, 11) is 0. The first-order valence-electron chi connectivity index (χ1n) is 8.69. The fourth-order valence-electron chi connectivity index (χ4n) is 2.48. The van der Waals surface area contributed by atoms with Crippen LogP contribution in [0.5, 0.6) is 5.88 Å². The minimum absolute atomic E-state index is 0.0751. The lowest BCUT2D eigenvalue weighted by atomic mass is 10.0. The molecule has 3 aromatic rings. The van der Waals surface area contributed by atoms with Gasteiger partial charge in [0, 0.05) is 22.8 Å². The Morgan fingerprint density at radius 3 is 2.38 bits per heavy atom. The lowest BCUT2D eigenvalue weighted by molar-refractivity contribution is -0.155. The molecule has 13 heteroatoms. The minimum atomic E-state index is -4.72. The number of ether oxygens (including phenoxy) is 1. The second-order valence-corrected chi connectivity index (χ2v) is 6.79. The summed E-state index contributed by atoms with van der Waals surface area (Å²) >= 11 is 5.83. The number of carbonyl (C=O) groups is 1. The number of carbonyl (C=O) groups excluding carboxylic acids is 1. The predicted molar refractivity (Wildman–Crippen MR) is 98.9 cm³/mol. The van der Waals surface area contributed by atoms with Gasteiger partial charge in [-0.05, 0) is 23.8 Å². The summed E-state index contributed by atoms with van der Waals surface area (Å²) in [6.45, 7) is -1.99. The summed E-state index contributed by atoms with van der Waals surface area (Å²) in [5.74, 6) is -2.45. The van der Waals surface area contributed by atoms with E-state index in [1.807, 2.05) is 0 Å². The van der Waals surface area contributed by atoms with Crippen molar-refractivity contribution in [3.63, 3.8) is 0 Å². The molecule has 2 heterocycles. The van der Waals surface area contributed by atoms with Crippen molar-refractivity contribution < 1.29 is 40.4 Å². The van der Waals surface area contributed by atoms with Gasteiger partial charge in [0.05, 0.1) is 12.1 Å². The van der Waals surface area contributed by atoms with Crippen LogP contribution in [0.4, 0.5) is 26.3 Å². The van der Waals surface area contributed by atoms with Crippen LogP contribution in [0.1, 0.15) is 21.8 Å². The van der Waals surface area contributed by atoms with Crippen LogP contribution in [0.15, 0.2) is 47.1 Å². The third kappa shape index (κ3) is 6.13. The standard InChI is InChI=1S/C19H12ClF6N3O3/c20-12-3-1-10(2-4-12)14-5-11(7-28-17(14)31-9-18(21,22)23)16(30)27-8-13-6-15(32-29-13)19(24,25)26/h1-7H,8-9H2,(H,27,30). The number of pyridine rings is 1. The van der Waals surface area contributed by atoms with Crippen molar-refractivity contribution in [2.75, 3.05) is 6.61 Å². The van der Waals surface area contributed by atoms with E-state index in [4.69, 9.17) is 16.3 Å². The van der Waals surface area contributed by atoms with Crippen LogP contribution in [-0.4, -0.2) is 28.8 Å². The van der Waals surface area contributed by atoms with E-state index in [0.29, 0.717) is 16.7 Å². The summed E-state index contributed by atoms with van der Waals surface area (Å²) in [4.78, 5) is 16.2. The first-order chi connectivity index (χ1) is 14.9. The fraction of sp³-hybridized carbons (Fsp3) is 0.211. The number of hydrogen-bond acceptors (Lipinski definition) is 5. The Labute approximate surface area is 181 Å². The highest BCUT2D eigenvalue weighted by Crippen LogP contribution is 2.32. The smallest absolute Gasteiger partial charge is 0.452 e. The molecule has 0 fully saturated rings. The highest BCUT2D eigenvalue weighted by molar-refractivity contribution is 6.30. The summed E-state index contributed by atoms with van der Waals surface area (Å²) < 4.78 is 84.2. The normalized spacial score (nSPS) is 12.0. The molecule has 0 spiro atoms. The van der Waals surface area contributed by atoms with E-state index in [9.17, 15) is 31.1 Å². The SMILES string of the molecule is O=C(NCc1cc(C(F)(F)F)on1)c1cnc(OCC(F)(F)F)c(-c2ccc(Cl)cc2)c1. The molecule has 0 aliphatic heterocycles. The Bertz CT molecular complexity index is 1100. The number of nitrogens with one attached hydrogen (secondary N) is 1. The summed E-state index contributed by atoms with van der Waals surface area (Å²) in [6, 6.07) is 7.83. The van der Waals surface area contributed by atoms with Gasteiger partial charge in [0.1, 0.15) is 5.69 Å². The minimum Gasteiger partial charge on any atom is -0.468 e. The van der Waals surface area contributed by atoms with Crippen LogP contribution in [0.2, 0.25) is 5.02 Å². The molecule has 3 rings (SSSR count).